The summed E-state index contributed by atoms with van der Waals surface area (Å²) >= 11 is 3.53. The Morgan fingerprint density at radius 2 is 0.952 bits per heavy atom. The van der Waals surface area contributed by atoms with Gasteiger partial charge in [-0.3, -0.25) is 0 Å². The molecule has 0 bridgehead atoms. The molecular weight excluding hydrogens is 809 g/mol. The van der Waals surface area contributed by atoms with Gasteiger partial charge in [-0.1, -0.05) is 152 Å². The number of thiophene rings is 2. The van der Waals surface area contributed by atoms with Gasteiger partial charge in [-0.15, -0.1) is 22.7 Å². The lowest BCUT2D eigenvalue weighted by Crippen LogP contribution is -2.00. The molecule has 0 unspecified atom stereocenters. The molecule has 0 N–H and O–H groups in total. The maximum Gasteiger partial charge on any atom is 0.164 e. The molecule has 294 valence electrons. The standard InChI is InChI=1S/C55H32N6S2/c1-4-15-33(16-5-1)52-56-49(51-50(57-52)41-22-11-13-25-45(41)63-51)35-27-30-40-47(32-35)62-46-26-14-23-42(48(40)46)55-59-53(34-17-6-2-7-18-34)58-54(60-55)36-28-29-39-38-21-10-12-24-43(38)61(44(39)31-36)37-19-8-3-9-20-37/h1-32H. The second-order valence-electron chi connectivity index (χ2n) is 15.6. The summed E-state index contributed by atoms with van der Waals surface area (Å²) in [4.78, 5) is 26.1. The third kappa shape index (κ3) is 5.87. The van der Waals surface area contributed by atoms with Gasteiger partial charge in [-0.25, -0.2) is 24.9 Å². The van der Waals surface area contributed by atoms with Crippen LogP contribution in [0.15, 0.2) is 194 Å². The van der Waals surface area contributed by atoms with E-state index in [9.17, 15) is 0 Å². The van der Waals surface area contributed by atoms with Crippen LogP contribution in [0.25, 0.3) is 125 Å². The second-order valence-corrected chi connectivity index (χ2v) is 17.8. The molecule has 13 aromatic rings. The summed E-state index contributed by atoms with van der Waals surface area (Å²) in [6.45, 7) is 0. The van der Waals surface area contributed by atoms with Crippen LogP contribution in [0.4, 0.5) is 0 Å². The number of hydrogen-bond acceptors (Lipinski definition) is 7. The Kier molecular flexibility index (Phi) is 8.15. The number of para-hydroxylation sites is 2. The van der Waals surface area contributed by atoms with Crippen LogP contribution >= 0.6 is 22.7 Å². The minimum absolute atomic E-state index is 0.620. The fraction of sp³-hybridized carbons (Fsp3) is 0. The van der Waals surface area contributed by atoms with E-state index in [1.165, 1.54) is 20.2 Å². The molecule has 0 aliphatic carbocycles. The van der Waals surface area contributed by atoms with Crippen molar-refractivity contribution < 1.29 is 0 Å². The van der Waals surface area contributed by atoms with Crippen molar-refractivity contribution in [2.24, 2.45) is 0 Å². The zero-order valence-corrected chi connectivity index (χ0v) is 35.1. The Labute approximate surface area is 369 Å². The molecule has 0 saturated heterocycles. The Balaban J connectivity index is 0.996. The molecule has 0 aliphatic rings. The normalized spacial score (nSPS) is 11.8. The molecule has 0 aliphatic heterocycles. The summed E-state index contributed by atoms with van der Waals surface area (Å²) in [5, 5.41) is 5.80. The van der Waals surface area contributed by atoms with Crippen molar-refractivity contribution in [1.82, 2.24) is 29.5 Å². The zero-order valence-electron chi connectivity index (χ0n) is 33.5. The molecule has 0 fully saturated rings. The van der Waals surface area contributed by atoms with Gasteiger partial charge in [0.1, 0.15) is 0 Å². The van der Waals surface area contributed by atoms with E-state index in [4.69, 9.17) is 24.9 Å². The van der Waals surface area contributed by atoms with E-state index in [2.05, 4.69) is 162 Å². The molecule has 5 aromatic heterocycles. The first-order valence-electron chi connectivity index (χ1n) is 20.8. The molecule has 0 saturated carbocycles. The molecule has 0 spiro atoms. The van der Waals surface area contributed by atoms with Crippen LogP contribution in [0, 0.1) is 0 Å². The predicted octanol–water partition coefficient (Wildman–Crippen LogP) is 14.8. The lowest BCUT2D eigenvalue weighted by atomic mass is 10.0. The highest BCUT2D eigenvalue weighted by atomic mass is 32.1. The molecule has 5 heterocycles. The van der Waals surface area contributed by atoms with Gasteiger partial charge in [-0.05, 0) is 42.5 Å². The zero-order chi connectivity index (χ0) is 41.4. The highest BCUT2D eigenvalue weighted by Gasteiger charge is 2.21. The van der Waals surface area contributed by atoms with Gasteiger partial charge in [0.05, 0.1) is 26.9 Å². The monoisotopic (exact) mass is 840 g/mol. The van der Waals surface area contributed by atoms with Gasteiger partial charge >= 0.3 is 0 Å². The summed E-state index contributed by atoms with van der Waals surface area (Å²) in [6, 6.07) is 67.9. The SMILES string of the molecule is c1ccc(-c2nc(-c3ccc4c5ccccc5n(-c5ccccc5)c4c3)nc(-c3cccc4sc5cc(-c6nc(-c7ccccc7)nc7c6sc6ccccc67)ccc5c34)n2)cc1. The van der Waals surface area contributed by atoms with Crippen molar-refractivity contribution in [3.63, 3.8) is 0 Å². The summed E-state index contributed by atoms with van der Waals surface area (Å²) in [7, 11) is 0. The molecule has 6 nitrogen and oxygen atoms in total. The number of aromatic nitrogens is 6. The molecule has 0 atom stereocenters. The lowest BCUT2D eigenvalue weighted by Gasteiger charge is -2.11. The molecule has 0 amide bonds. The molecule has 13 rings (SSSR count). The Morgan fingerprint density at radius 1 is 0.349 bits per heavy atom. The molecular formula is C55H32N6S2. The van der Waals surface area contributed by atoms with E-state index in [1.807, 2.05) is 36.4 Å². The van der Waals surface area contributed by atoms with Crippen molar-refractivity contribution in [1.29, 1.82) is 0 Å². The fourth-order valence-corrected chi connectivity index (χ4v) is 11.3. The van der Waals surface area contributed by atoms with Crippen LogP contribution in [0.3, 0.4) is 0 Å². The first-order valence-corrected chi connectivity index (χ1v) is 22.5. The van der Waals surface area contributed by atoms with Gasteiger partial charge in [0.2, 0.25) is 0 Å². The van der Waals surface area contributed by atoms with Crippen LogP contribution in [0.2, 0.25) is 0 Å². The van der Waals surface area contributed by atoms with Gasteiger partial charge in [0.15, 0.2) is 23.3 Å². The second kappa shape index (κ2) is 14.3. The summed E-state index contributed by atoms with van der Waals surface area (Å²) in [5.74, 6) is 2.60. The summed E-state index contributed by atoms with van der Waals surface area (Å²) in [5.41, 5.74) is 10.1. The van der Waals surface area contributed by atoms with Gasteiger partial charge < -0.3 is 4.57 Å². The lowest BCUT2D eigenvalue weighted by molar-refractivity contribution is 1.08. The van der Waals surface area contributed by atoms with E-state index >= 15 is 0 Å². The molecule has 0 radical (unpaired) electrons. The maximum atomic E-state index is 5.32. The van der Waals surface area contributed by atoms with Crippen LogP contribution in [-0.2, 0) is 0 Å². The fourth-order valence-electron chi connectivity index (χ4n) is 8.97. The van der Waals surface area contributed by atoms with Crippen molar-refractivity contribution >= 4 is 85.0 Å². The van der Waals surface area contributed by atoms with E-state index in [0.29, 0.717) is 17.5 Å². The van der Waals surface area contributed by atoms with Crippen LogP contribution in [0.5, 0.6) is 0 Å². The summed E-state index contributed by atoms with van der Waals surface area (Å²) in [6.07, 6.45) is 0. The van der Waals surface area contributed by atoms with Gasteiger partial charge in [0, 0.05) is 74.5 Å². The Bertz CT molecular complexity index is 3910. The number of benzene rings is 8. The third-order valence-electron chi connectivity index (χ3n) is 11.9. The maximum absolute atomic E-state index is 5.32. The number of fused-ring (bicyclic) bond motifs is 9. The van der Waals surface area contributed by atoms with Gasteiger partial charge in [0.25, 0.3) is 0 Å². The van der Waals surface area contributed by atoms with E-state index in [0.717, 1.165) is 87.1 Å². The number of nitrogens with zero attached hydrogens (tertiary/aromatic N) is 6. The highest BCUT2D eigenvalue weighted by molar-refractivity contribution is 7.26. The Hall–Kier alpha value is -7.91. The minimum atomic E-state index is 0.620. The quantitative estimate of drug-likeness (QED) is 0.167. The first kappa shape index (κ1) is 35.8. The van der Waals surface area contributed by atoms with Crippen molar-refractivity contribution in [3.8, 4) is 62.5 Å². The number of hydrogen-bond donors (Lipinski definition) is 0. The number of rotatable bonds is 6. The predicted molar refractivity (Wildman–Crippen MR) is 263 cm³/mol. The molecule has 8 heteroatoms. The largest absolute Gasteiger partial charge is 0.309 e. The van der Waals surface area contributed by atoms with Crippen LogP contribution in [-0.4, -0.2) is 29.5 Å². The van der Waals surface area contributed by atoms with Crippen LogP contribution < -0.4 is 0 Å². The highest BCUT2D eigenvalue weighted by Crippen LogP contribution is 2.44. The van der Waals surface area contributed by atoms with Crippen molar-refractivity contribution in [3.05, 3.63) is 194 Å². The summed E-state index contributed by atoms with van der Waals surface area (Å²) < 4.78 is 6.95. The topological polar surface area (TPSA) is 69.4 Å². The minimum Gasteiger partial charge on any atom is -0.309 e. The Morgan fingerprint density at radius 3 is 1.75 bits per heavy atom. The average molecular weight is 841 g/mol. The van der Waals surface area contributed by atoms with Crippen LogP contribution in [0.1, 0.15) is 0 Å². The average Bonchev–Trinajstić information content (AvgIpc) is 4.03. The van der Waals surface area contributed by atoms with Crippen molar-refractivity contribution in [2.45, 2.75) is 0 Å². The smallest absolute Gasteiger partial charge is 0.164 e. The van der Waals surface area contributed by atoms with E-state index < -0.39 is 0 Å². The van der Waals surface area contributed by atoms with E-state index in [-0.39, 0.29) is 0 Å². The third-order valence-corrected chi connectivity index (χ3v) is 14.2. The van der Waals surface area contributed by atoms with E-state index in [1.54, 1.807) is 22.7 Å². The molecule has 63 heavy (non-hydrogen) atoms. The van der Waals surface area contributed by atoms with Crippen molar-refractivity contribution in [2.75, 3.05) is 0 Å². The first-order chi connectivity index (χ1) is 31.2. The molecule has 8 aromatic carbocycles. The van der Waals surface area contributed by atoms with Gasteiger partial charge in [-0.2, -0.15) is 0 Å².